The maximum absolute atomic E-state index is 13.4. The Morgan fingerprint density at radius 2 is 1.80 bits per heavy atom. The number of nitro groups is 1. The molecular weight excluding hydrogens is 464 g/mol. The van der Waals surface area contributed by atoms with Crippen LogP contribution in [0.25, 0.3) is 16.9 Å². The van der Waals surface area contributed by atoms with Gasteiger partial charge < -0.3 is 0 Å². The zero-order chi connectivity index (χ0) is 24.5. The average Bonchev–Trinajstić information content (AvgIpc) is 3.57. The molecule has 2 aromatic heterocycles. The monoisotopic (exact) mass is 488 g/mol. The molecule has 9 nitrogen and oxygen atoms in total. The Balaban J connectivity index is 1.71. The van der Waals surface area contributed by atoms with E-state index in [2.05, 4.69) is 0 Å². The average molecular weight is 489 g/mol. The minimum absolute atomic E-state index is 0.0110. The summed E-state index contributed by atoms with van der Waals surface area (Å²) >= 11 is 1.35. The van der Waals surface area contributed by atoms with Gasteiger partial charge in [-0.25, -0.2) is 14.4 Å². The van der Waals surface area contributed by atoms with E-state index in [4.69, 9.17) is 10.1 Å². The number of benzene rings is 2. The molecule has 35 heavy (non-hydrogen) atoms. The fourth-order valence-corrected chi connectivity index (χ4v) is 5.09. The van der Waals surface area contributed by atoms with Crippen LogP contribution in [0.5, 0.6) is 0 Å². The van der Waals surface area contributed by atoms with Crippen molar-refractivity contribution in [2.75, 3.05) is 0 Å². The Bertz CT molecular complexity index is 1560. The van der Waals surface area contributed by atoms with Gasteiger partial charge in [-0.05, 0) is 44.7 Å². The number of thiazole rings is 1. The Labute approximate surface area is 205 Å². The Kier molecular flexibility index (Phi) is 6.04. The number of non-ortho nitro benzene ring substituents is 1. The molecule has 1 aliphatic rings. The minimum Gasteiger partial charge on any atom is -0.283 e. The van der Waals surface area contributed by atoms with Crippen molar-refractivity contribution >= 4 is 28.4 Å². The van der Waals surface area contributed by atoms with Gasteiger partial charge in [0.05, 0.1) is 22.0 Å². The van der Waals surface area contributed by atoms with Crippen molar-refractivity contribution < 1.29 is 4.92 Å². The summed E-state index contributed by atoms with van der Waals surface area (Å²) in [4.78, 5) is 29.6. The molecule has 0 atom stereocenters. The van der Waals surface area contributed by atoms with Gasteiger partial charge in [-0.15, -0.1) is 11.3 Å². The van der Waals surface area contributed by atoms with Crippen molar-refractivity contribution in [2.24, 2.45) is 17.1 Å². The summed E-state index contributed by atoms with van der Waals surface area (Å²) in [5, 5.41) is 18.1. The number of hydrogen-bond acceptors (Lipinski definition) is 6. The predicted molar refractivity (Wildman–Crippen MR) is 137 cm³/mol. The first-order valence-electron chi connectivity index (χ1n) is 11.3. The van der Waals surface area contributed by atoms with Crippen LogP contribution in [-0.2, 0) is 7.05 Å². The van der Waals surface area contributed by atoms with Crippen LogP contribution in [0.3, 0.4) is 0 Å². The topological polar surface area (TPSA) is 99.7 Å². The van der Waals surface area contributed by atoms with E-state index in [1.54, 1.807) is 20.1 Å². The molecule has 0 saturated heterocycles. The third kappa shape index (κ3) is 4.28. The Morgan fingerprint density at radius 1 is 1.06 bits per heavy atom. The largest absolute Gasteiger partial charge is 0.297 e. The Morgan fingerprint density at radius 3 is 2.51 bits per heavy atom. The van der Waals surface area contributed by atoms with E-state index in [1.807, 2.05) is 55.7 Å². The molecule has 2 heterocycles. The number of aromatic nitrogens is 3. The molecule has 0 bridgehead atoms. The fourth-order valence-electron chi connectivity index (χ4n) is 4.25. The molecule has 1 aliphatic carbocycles. The summed E-state index contributed by atoms with van der Waals surface area (Å²) in [6, 6.07) is 15.9. The van der Waals surface area contributed by atoms with Crippen LogP contribution in [0.4, 0.5) is 11.4 Å². The molecule has 0 unspecified atom stereocenters. The summed E-state index contributed by atoms with van der Waals surface area (Å²) in [5.74, 6) is 0. The quantitative estimate of drug-likeness (QED) is 0.294. The van der Waals surface area contributed by atoms with Crippen molar-refractivity contribution in [3.63, 3.8) is 0 Å². The highest BCUT2D eigenvalue weighted by Gasteiger charge is 2.18. The third-order valence-corrected chi connectivity index (χ3v) is 7.01. The third-order valence-electron chi connectivity index (χ3n) is 6.19. The maximum Gasteiger partial charge on any atom is 0.297 e. The van der Waals surface area contributed by atoms with Crippen molar-refractivity contribution in [1.82, 2.24) is 14.0 Å². The second-order valence-electron chi connectivity index (χ2n) is 8.42. The molecule has 0 N–H and O–H groups in total. The zero-order valence-corrected chi connectivity index (χ0v) is 20.2. The van der Waals surface area contributed by atoms with Crippen molar-refractivity contribution in [3.05, 3.63) is 90.9 Å². The van der Waals surface area contributed by atoms with E-state index >= 15 is 0 Å². The summed E-state index contributed by atoms with van der Waals surface area (Å²) in [6.45, 7) is 1.86. The van der Waals surface area contributed by atoms with Gasteiger partial charge >= 0.3 is 0 Å². The van der Waals surface area contributed by atoms with Crippen molar-refractivity contribution in [2.45, 2.75) is 32.6 Å². The van der Waals surface area contributed by atoms with Gasteiger partial charge in [-0.1, -0.05) is 30.3 Å². The van der Waals surface area contributed by atoms with Crippen LogP contribution < -0.4 is 10.4 Å². The molecule has 0 amide bonds. The first-order chi connectivity index (χ1) is 16.9. The highest BCUT2D eigenvalue weighted by atomic mass is 32.1. The lowest BCUT2D eigenvalue weighted by Crippen LogP contribution is -2.20. The molecule has 4 aromatic rings. The summed E-state index contributed by atoms with van der Waals surface area (Å²) in [7, 11) is 1.83. The predicted octanol–water partition coefficient (Wildman–Crippen LogP) is 4.93. The van der Waals surface area contributed by atoms with E-state index in [1.165, 1.54) is 23.5 Å². The SMILES string of the molecule is Cc1c(N=c2scc(-c3cccc([N+](=O)[O-])c3)n2N=C2CCCC2)c(=O)n(-c2ccccc2)n1C. The van der Waals surface area contributed by atoms with E-state index in [0.29, 0.717) is 21.7 Å². The summed E-state index contributed by atoms with van der Waals surface area (Å²) in [5.41, 5.74) is 4.04. The zero-order valence-electron chi connectivity index (χ0n) is 19.4. The number of nitrogens with zero attached hydrogens (tertiary/aromatic N) is 6. The highest BCUT2D eigenvalue weighted by Crippen LogP contribution is 2.26. The fraction of sp³-hybridized carbons (Fsp3) is 0.240. The molecule has 0 spiro atoms. The molecule has 0 aliphatic heterocycles. The van der Waals surface area contributed by atoms with Gasteiger partial charge in [0.1, 0.15) is 0 Å². The number of nitro benzene ring substituents is 1. The van der Waals surface area contributed by atoms with Crippen molar-refractivity contribution in [3.8, 4) is 16.9 Å². The van der Waals surface area contributed by atoms with Crippen LogP contribution in [0, 0.1) is 17.0 Å². The van der Waals surface area contributed by atoms with Gasteiger partial charge in [0.25, 0.3) is 11.2 Å². The maximum atomic E-state index is 13.4. The molecular formula is C25H24N6O3S. The lowest BCUT2D eigenvalue weighted by molar-refractivity contribution is -0.384. The minimum atomic E-state index is -0.409. The summed E-state index contributed by atoms with van der Waals surface area (Å²) in [6.07, 6.45) is 3.98. The van der Waals surface area contributed by atoms with Crippen LogP contribution in [0.1, 0.15) is 31.4 Å². The van der Waals surface area contributed by atoms with Crippen LogP contribution in [-0.4, -0.2) is 24.7 Å². The van der Waals surface area contributed by atoms with Crippen molar-refractivity contribution in [1.29, 1.82) is 0 Å². The first kappa shape index (κ1) is 22.7. The van der Waals surface area contributed by atoms with Crippen LogP contribution >= 0.6 is 11.3 Å². The van der Waals surface area contributed by atoms with Gasteiger partial charge in [0.15, 0.2) is 5.69 Å². The molecule has 10 heteroatoms. The smallest absolute Gasteiger partial charge is 0.283 e. The van der Waals surface area contributed by atoms with Crippen LogP contribution in [0.2, 0.25) is 0 Å². The highest BCUT2D eigenvalue weighted by molar-refractivity contribution is 7.07. The summed E-state index contributed by atoms with van der Waals surface area (Å²) < 4.78 is 5.11. The lowest BCUT2D eigenvalue weighted by atomic mass is 10.1. The van der Waals surface area contributed by atoms with E-state index in [-0.39, 0.29) is 11.2 Å². The first-order valence-corrected chi connectivity index (χ1v) is 12.2. The van der Waals surface area contributed by atoms with E-state index < -0.39 is 4.92 Å². The molecule has 1 saturated carbocycles. The second-order valence-corrected chi connectivity index (χ2v) is 9.25. The molecule has 2 aromatic carbocycles. The molecule has 0 radical (unpaired) electrons. The van der Waals surface area contributed by atoms with Gasteiger partial charge in [-0.3, -0.25) is 19.6 Å². The number of para-hydroxylation sites is 1. The van der Waals surface area contributed by atoms with Crippen LogP contribution in [0.15, 0.2) is 74.9 Å². The lowest BCUT2D eigenvalue weighted by Gasteiger charge is -2.07. The van der Waals surface area contributed by atoms with Gasteiger partial charge in [-0.2, -0.15) is 5.10 Å². The van der Waals surface area contributed by atoms with E-state index in [0.717, 1.165) is 42.8 Å². The Hall–Kier alpha value is -4.05. The van der Waals surface area contributed by atoms with Gasteiger partial charge in [0.2, 0.25) is 4.80 Å². The molecule has 178 valence electrons. The second kappa shape index (κ2) is 9.30. The molecule has 5 rings (SSSR count). The van der Waals surface area contributed by atoms with Gasteiger partial charge in [0, 0.05) is 35.8 Å². The normalized spacial score (nSPS) is 14.0. The number of rotatable bonds is 5. The standard InChI is InChI=1S/C25H24N6O3S/c1-17-23(24(32)30(28(17)2)20-12-4-3-5-13-20)26-25-29(27-19-10-6-7-11-19)22(16-35-25)18-9-8-14-21(15-18)31(33)34/h3-5,8-9,12-16H,6-7,10-11H2,1-2H3. The number of hydrogen-bond donors (Lipinski definition) is 0. The molecule has 1 fully saturated rings. The van der Waals surface area contributed by atoms with E-state index in [9.17, 15) is 14.9 Å².